The number of nitrogens with two attached hydrogens (primary N) is 1. The van der Waals surface area contributed by atoms with E-state index in [4.69, 9.17) is 5.73 Å². The van der Waals surface area contributed by atoms with Crippen LogP contribution in [0.25, 0.3) is 0 Å². The largest absolute Gasteiger partial charge is 0.418 e. The summed E-state index contributed by atoms with van der Waals surface area (Å²) in [6.45, 7) is 0. The lowest BCUT2D eigenvalue weighted by molar-refractivity contribution is -0.138. The molecule has 7 heteroatoms. The molecule has 0 radical (unpaired) electrons. The third-order valence-electron chi connectivity index (χ3n) is 1.79. The second kappa shape index (κ2) is 4.09. The summed E-state index contributed by atoms with van der Waals surface area (Å²) in [7, 11) is 0. The van der Waals surface area contributed by atoms with Gasteiger partial charge in [0.2, 0.25) is 0 Å². The number of pyridine rings is 1. The molecule has 0 amide bonds. The van der Waals surface area contributed by atoms with Crippen LogP contribution in [0.4, 0.5) is 22.0 Å². The molecule has 84 valence electrons. The van der Waals surface area contributed by atoms with Crippen molar-refractivity contribution >= 4 is 0 Å². The molecule has 1 unspecified atom stereocenters. The van der Waals surface area contributed by atoms with Crippen molar-refractivity contribution < 1.29 is 22.0 Å². The van der Waals surface area contributed by atoms with E-state index in [2.05, 4.69) is 4.98 Å². The van der Waals surface area contributed by atoms with Crippen molar-refractivity contribution in [3.8, 4) is 0 Å². The van der Waals surface area contributed by atoms with E-state index in [-0.39, 0.29) is 0 Å². The molecule has 0 aromatic carbocycles. The third kappa shape index (κ3) is 2.62. The number of alkyl halides is 5. The molecule has 1 heterocycles. The maximum absolute atomic E-state index is 12.3. The molecule has 0 bridgehead atoms. The van der Waals surface area contributed by atoms with E-state index in [0.29, 0.717) is 6.20 Å². The Morgan fingerprint density at radius 3 is 2.33 bits per heavy atom. The van der Waals surface area contributed by atoms with Crippen molar-refractivity contribution in [1.82, 2.24) is 4.98 Å². The zero-order chi connectivity index (χ0) is 11.6. The van der Waals surface area contributed by atoms with Crippen LogP contribution in [0.5, 0.6) is 0 Å². The molecule has 0 aliphatic carbocycles. The van der Waals surface area contributed by atoms with Crippen LogP contribution >= 0.6 is 0 Å². The molecule has 0 aliphatic heterocycles. The van der Waals surface area contributed by atoms with E-state index in [9.17, 15) is 22.0 Å². The van der Waals surface area contributed by atoms with Gasteiger partial charge in [0.05, 0.1) is 11.6 Å². The van der Waals surface area contributed by atoms with Crippen LogP contribution < -0.4 is 5.73 Å². The van der Waals surface area contributed by atoms with Gasteiger partial charge >= 0.3 is 6.18 Å². The Kier molecular flexibility index (Phi) is 3.23. The van der Waals surface area contributed by atoms with E-state index in [1.807, 2.05) is 0 Å². The summed E-state index contributed by atoms with van der Waals surface area (Å²) in [6.07, 6.45) is -6.30. The molecule has 1 atom stereocenters. The molecule has 0 spiro atoms. The summed E-state index contributed by atoms with van der Waals surface area (Å²) in [6, 6.07) is -1.11. The summed E-state index contributed by atoms with van der Waals surface area (Å²) in [5.41, 5.74) is 3.09. The smallest absolute Gasteiger partial charge is 0.319 e. The second-order valence-electron chi connectivity index (χ2n) is 2.82. The van der Waals surface area contributed by atoms with Gasteiger partial charge in [-0.2, -0.15) is 13.2 Å². The van der Waals surface area contributed by atoms with E-state index < -0.39 is 29.8 Å². The van der Waals surface area contributed by atoms with E-state index >= 15 is 0 Å². The van der Waals surface area contributed by atoms with Crippen molar-refractivity contribution in [2.45, 2.75) is 18.6 Å². The number of hydrogen-bond acceptors (Lipinski definition) is 2. The first-order valence-corrected chi connectivity index (χ1v) is 3.89. The summed E-state index contributed by atoms with van der Waals surface area (Å²) in [5, 5.41) is 0. The first-order valence-electron chi connectivity index (χ1n) is 3.89. The Morgan fingerprint density at radius 1 is 1.27 bits per heavy atom. The van der Waals surface area contributed by atoms with Crippen molar-refractivity contribution in [3.63, 3.8) is 0 Å². The van der Waals surface area contributed by atoms with E-state index in [1.165, 1.54) is 0 Å². The molecular weight excluding hydrogens is 219 g/mol. The first-order chi connectivity index (χ1) is 6.84. The minimum Gasteiger partial charge on any atom is -0.319 e. The maximum atomic E-state index is 12.3. The molecule has 15 heavy (non-hydrogen) atoms. The standard InChI is InChI=1S/C8H7F5N2/c9-7(10)6(14)4-1-2-15-3-5(4)8(11,12)13/h1-3,6-7H,14H2. The molecule has 2 nitrogen and oxygen atoms in total. The van der Waals surface area contributed by atoms with Gasteiger partial charge in [-0.05, 0) is 11.6 Å². The highest BCUT2D eigenvalue weighted by Gasteiger charge is 2.36. The lowest BCUT2D eigenvalue weighted by atomic mass is 10.0. The predicted molar refractivity (Wildman–Crippen MR) is 42.2 cm³/mol. The summed E-state index contributed by atoms with van der Waals surface area (Å²) in [4.78, 5) is 3.23. The topological polar surface area (TPSA) is 38.9 Å². The molecule has 1 aromatic heterocycles. The Hall–Kier alpha value is -1.24. The van der Waals surface area contributed by atoms with Crippen molar-refractivity contribution in [3.05, 3.63) is 29.6 Å². The SMILES string of the molecule is NC(c1ccncc1C(F)(F)F)C(F)F. The fourth-order valence-electron chi connectivity index (χ4n) is 1.07. The number of hydrogen-bond donors (Lipinski definition) is 1. The number of aromatic nitrogens is 1. The second-order valence-corrected chi connectivity index (χ2v) is 2.82. The van der Waals surface area contributed by atoms with Gasteiger partial charge in [0.1, 0.15) is 0 Å². The van der Waals surface area contributed by atoms with Crippen LogP contribution in [0.3, 0.4) is 0 Å². The number of halogens is 5. The van der Waals surface area contributed by atoms with Gasteiger partial charge in [0.25, 0.3) is 6.43 Å². The van der Waals surface area contributed by atoms with Crippen LogP contribution in [0.1, 0.15) is 17.2 Å². The minimum absolute atomic E-state index is 0.484. The Labute approximate surface area is 81.9 Å². The average molecular weight is 226 g/mol. The monoisotopic (exact) mass is 226 g/mol. The molecule has 0 saturated carbocycles. The number of rotatable bonds is 2. The van der Waals surface area contributed by atoms with Crippen LogP contribution in [0.15, 0.2) is 18.5 Å². The van der Waals surface area contributed by atoms with Gasteiger partial charge in [0, 0.05) is 12.4 Å². The summed E-state index contributed by atoms with van der Waals surface area (Å²) >= 11 is 0. The zero-order valence-corrected chi connectivity index (χ0v) is 7.30. The normalized spacial score (nSPS) is 14.3. The highest BCUT2D eigenvalue weighted by Crippen LogP contribution is 2.34. The first kappa shape index (κ1) is 11.8. The molecule has 2 N–H and O–H groups in total. The van der Waals surface area contributed by atoms with Crippen molar-refractivity contribution in [1.29, 1.82) is 0 Å². The molecule has 0 fully saturated rings. The van der Waals surface area contributed by atoms with Crippen molar-refractivity contribution in [2.75, 3.05) is 0 Å². The van der Waals surface area contributed by atoms with Gasteiger partial charge < -0.3 is 5.73 Å². The lowest BCUT2D eigenvalue weighted by Crippen LogP contribution is -2.23. The molecule has 1 aromatic rings. The zero-order valence-electron chi connectivity index (χ0n) is 7.30. The fraction of sp³-hybridized carbons (Fsp3) is 0.375. The van der Waals surface area contributed by atoms with Crippen molar-refractivity contribution in [2.24, 2.45) is 5.73 Å². The molecule has 1 rings (SSSR count). The number of nitrogens with zero attached hydrogens (tertiary/aromatic N) is 1. The van der Waals surface area contributed by atoms with E-state index in [0.717, 1.165) is 12.3 Å². The quantitative estimate of drug-likeness (QED) is 0.786. The Morgan fingerprint density at radius 2 is 1.87 bits per heavy atom. The predicted octanol–water partition coefficient (Wildman–Crippen LogP) is 2.37. The minimum atomic E-state index is -4.73. The van der Waals surface area contributed by atoms with Gasteiger partial charge in [0.15, 0.2) is 0 Å². The summed E-state index contributed by atoms with van der Waals surface area (Å²) < 4.78 is 61.3. The van der Waals surface area contributed by atoms with Crippen LogP contribution in [-0.4, -0.2) is 11.4 Å². The average Bonchev–Trinajstić information content (AvgIpc) is 2.15. The molecular formula is C8H7F5N2. The fourth-order valence-corrected chi connectivity index (χ4v) is 1.07. The maximum Gasteiger partial charge on any atom is 0.418 e. The lowest BCUT2D eigenvalue weighted by Gasteiger charge is -2.16. The molecule has 0 aliphatic rings. The van der Waals surface area contributed by atoms with Gasteiger partial charge in [-0.3, -0.25) is 4.98 Å². The summed E-state index contributed by atoms with van der Waals surface area (Å²) in [5.74, 6) is 0. The van der Waals surface area contributed by atoms with Crippen LogP contribution in [0, 0.1) is 0 Å². The van der Waals surface area contributed by atoms with Crippen LogP contribution in [-0.2, 0) is 6.18 Å². The van der Waals surface area contributed by atoms with Crippen LogP contribution in [0.2, 0.25) is 0 Å². The van der Waals surface area contributed by atoms with Gasteiger partial charge in [-0.25, -0.2) is 8.78 Å². The Bertz CT molecular complexity index is 336. The highest BCUT2D eigenvalue weighted by atomic mass is 19.4. The third-order valence-corrected chi connectivity index (χ3v) is 1.79. The van der Waals surface area contributed by atoms with Gasteiger partial charge in [-0.1, -0.05) is 0 Å². The highest BCUT2D eigenvalue weighted by molar-refractivity contribution is 5.29. The Balaban J connectivity index is 3.18. The van der Waals surface area contributed by atoms with E-state index in [1.54, 1.807) is 0 Å². The van der Waals surface area contributed by atoms with Gasteiger partial charge in [-0.15, -0.1) is 0 Å². The molecule has 0 saturated heterocycles.